The maximum Gasteiger partial charge on any atom is 0.217 e. The lowest BCUT2D eigenvalue weighted by atomic mass is 10.00. The normalized spacial score (nSPS) is 17.6. The number of nitrogens with one attached hydrogen (secondary N) is 1. The molecule has 1 heterocycles. The number of hydrogen-bond donors (Lipinski definition) is 2. The van der Waals surface area contributed by atoms with Gasteiger partial charge in [0.1, 0.15) is 0 Å². The fourth-order valence-corrected chi connectivity index (χ4v) is 2.83. The average molecular weight is 264 g/mol. The smallest absolute Gasteiger partial charge is 0.217 e. The topological polar surface area (TPSA) is 54.4 Å². The van der Waals surface area contributed by atoms with Crippen LogP contribution in [-0.4, -0.2) is 29.8 Å². The molecule has 1 fully saturated rings. The molecular formula is C15H24N2O2. The van der Waals surface area contributed by atoms with E-state index in [2.05, 4.69) is 10.3 Å². The molecule has 1 unspecified atom stereocenters. The minimum atomic E-state index is -0.245. The second-order valence-electron chi connectivity index (χ2n) is 5.34. The number of ether oxygens (including phenoxy) is 1. The van der Waals surface area contributed by atoms with Crippen molar-refractivity contribution in [1.29, 1.82) is 0 Å². The molecule has 2 rings (SSSR count). The number of pyridine rings is 1. The van der Waals surface area contributed by atoms with E-state index in [4.69, 9.17) is 4.74 Å². The third-order valence-corrected chi connectivity index (χ3v) is 3.82. The molecule has 1 atom stereocenters. The van der Waals surface area contributed by atoms with Crippen LogP contribution in [-0.2, 0) is 6.54 Å². The van der Waals surface area contributed by atoms with E-state index >= 15 is 0 Å². The van der Waals surface area contributed by atoms with E-state index < -0.39 is 0 Å². The van der Waals surface area contributed by atoms with Crippen molar-refractivity contribution in [2.24, 2.45) is 5.92 Å². The van der Waals surface area contributed by atoms with Gasteiger partial charge >= 0.3 is 0 Å². The first-order valence-corrected chi connectivity index (χ1v) is 7.16. The Hall–Kier alpha value is -1.13. The van der Waals surface area contributed by atoms with Crippen LogP contribution in [0.4, 0.5) is 0 Å². The number of rotatable bonds is 7. The van der Waals surface area contributed by atoms with Gasteiger partial charge < -0.3 is 15.2 Å². The highest BCUT2D eigenvalue weighted by Gasteiger charge is 2.18. The Kier molecular flexibility index (Phi) is 5.61. The molecule has 106 valence electrons. The van der Waals surface area contributed by atoms with Gasteiger partial charge in [0.15, 0.2) is 0 Å². The molecule has 0 amide bonds. The van der Waals surface area contributed by atoms with E-state index in [1.165, 1.54) is 25.7 Å². The quantitative estimate of drug-likeness (QED) is 0.792. The van der Waals surface area contributed by atoms with Crippen molar-refractivity contribution >= 4 is 0 Å². The zero-order valence-corrected chi connectivity index (χ0v) is 11.6. The summed E-state index contributed by atoms with van der Waals surface area (Å²) in [7, 11) is 1.63. The van der Waals surface area contributed by atoms with Gasteiger partial charge in [-0.1, -0.05) is 31.7 Å². The number of nitrogens with zero attached hydrogens (tertiary/aromatic N) is 1. The van der Waals surface area contributed by atoms with Crippen LogP contribution in [0, 0.1) is 5.92 Å². The molecule has 2 N–H and O–H groups in total. The largest absolute Gasteiger partial charge is 0.481 e. The summed E-state index contributed by atoms with van der Waals surface area (Å²) < 4.78 is 5.20. The van der Waals surface area contributed by atoms with Gasteiger partial charge in [0.05, 0.1) is 13.2 Å². The van der Waals surface area contributed by atoms with E-state index in [1.807, 2.05) is 12.1 Å². The predicted molar refractivity (Wildman–Crippen MR) is 75.1 cm³/mol. The molecule has 1 saturated carbocycles. The van der Waals surface area contributed by atoms with Crippen LogP contribution in [0.25, 0.3) is 0 Å². The van der Waals surface area contributed by atoms with Crippen molar-refractivity contribution in [2.45, 2.75) is 44.8 Å². The Morgan fingerprint density at radius 2 is 2.26 bits per heavy atom. The fraction of sp³-hybridized carbons (Fsp3) is 0.667. The lowest BCUT2D eigenvalue weighted by molar-refractivity contribution is 0.140. The number of aromatic nitrogens is 1. The summed E-state index contributed by atoms with van der Waals surface area (Å²) in [5.74, 6) is 1.38. The van der Waals surface area contributed by atoms with E-state index in [9.17, 15) is 5.11 Å². The molecule has 1 aliphatic rings. The predicted octanol–water partition coefficient (Wildman–Crippen LogP) is 2.12. The van der Waals surface area contributed by atoms with Gasteiger partial charge in [-0.3, -0.25) is 0 Å². The van der Waals surface area contributed by atoms with Gasteiger partial charge in [-0.2, -0.15) is 0 Å². The Balaban J connectivity index is 1.70. The molecular weight excluding hydrogens is 240 g/mol. The third-order valence-electron chi connectivity index (χ3n) is 3.82. The Morgan fingerprint density at radius 1 is 1.47 bits per heavy atom. The second-order valence-corrected chi connectivity index (χ2v) is 5.34. The first-order valence-electron chi connectivity index (χ1n) is 7.16. The molecule has 0 aromatic carbocycles. The van der Waals surface area contributed by atoms with Gasteiger partial charge in [-0.05, 0) is 18.4 Å². The molecule has 0 bridgehead atoms. The zero-order chi connectivity index (χ0) is 13.5. The lowest BCUT2D eigenvalue weighted by Gasteiger charge is -2.16. The first-order chi connectivity index (χ1) is 9.29. The van der Waals surface area contributed by atoms with E-state index in [0.29, 0.717) is 19.0 Å². The van der Waals surface area contributed by atoms with E-state index in [0.717, 1.165) is 17.9 Å². The molecule has 0 aliphatic heterocycles. The van der Waals surface area contributed by atoms with Gasteiger partial charge in [-0.25, -0.2) is 4.98 Å². The molecule has 4 heteroatoms. The standard InChI is InChI=1S/C15H24N2O2/c1-19-15-13(7-4-8-17-15)10-16-11-14(18)9-12-5-2-3-6-12/h4,7-8,12,14,16,18H,2-3,5-6,9-11H2,1H3. The highest BCUT2D eigenvalue weighted by molar-refractivity contribution is 5.24. The molecule has 1 aromatic rings. The number of methoxy groups -OCH3 is 1. The highest BCUT2D eigenvalue weighted by Crippen LogP contribution is 2.28. The summed E-state index contributed by atoms with van der Waals surface area (Å²) in [4.78, 5) is 4.15. The van der Waals surface area contributed by atoms with Gasteiger partial charge in [0.25, 0.3) is 0 Å². The van der Waals surface area contributed by atoms with Crippen molar-refractivity contribution in [2.75, 3.05) is 13.7 Å². The summed E-state index contributed by atoms with van der Waals surface area (Å²) in [5, 5.41) is 13.3. The SMILES string of the molecule is COc1ncccc1CNCC(O)CC1CCCC1. The number of aliphatic hydroxyl groups excluding tert-OH is 1. The summed E-state index contributed by atoms with van der Waals surface area (Å²) in [6.45, 7) is 1.31. The Bertz CT molecular complexity index is 378. The van der Waals surface area contributed by atoms with Gasteiger partial charge in [0, 0.05) is 24.8 Å². The highest BCUT2D eigenvalue weighted by atomic mass is 16.5. The van der Waals surface area contributed by atoms with Gasteiger partial charge in [-0.15, -0.1) is 0 Å². The maximum absolute atomic E-state index is 10.0. The van der Waals surface area contributed by atoms with Gasteiger partial charge in [0.2, 0.25) is 5.88 Å². The molecule has 1 aliphatic carbocycles. The van der Waals surface area contributed by atoms with Crippen LogP contribution in [0.1, 0.15) is 37.7 Å². The van der Waals surface area contributed by atoms with Crippen molar-refractivity contribution < 1.29 is 9.84 Å². The van der Waals surface area contributed by atoms with Crippen molar-refractivity contribution in [1.82, 2.24) is 10.3 Å². The fourth-order valence-electron chi connectivity index (χ4n) is 2.83. The number of hydrogen-bond acceptors (Lipinski definition) is 4. The van der Waals surface area contributed by atoms with E-state index in [1.54, 1.807) is 13.3 Å². The number of aliphatic hydroxyl groups is 1. The summed E-state index contributed by atoms with van der Waals surface area (Å²) >= 11 is 0. The van der Waals surface area contributed by atoms with Crippen LogP contribution in [0.5, 0.6) is 5.88 Å². The second kappa shape index (κ2) is 7.46. The Morgan fingerprint density at radius 3 is 3.00 bits per heavy atom. The molecule has 0 spiro atoms. The average Bonchev–Trinajstić information content (AvgIpc) is 2.92. The van der Waals surface area contributed by atoms with Crippen LogP contribution in [0.2, 0.25) is 0 Å². The Labute approximate surface area is 115 Å². The molecule has 0 radical (unpaired) electrons. The van der Waals surface area contributed by atoms with Crippen LogP contribution in [0.3, 0.4) is 0 Å². The van der Waals surface area contributed by atoms with Crippen LogP contribution >= 0.6 is 0 Å². The zero-order valence-electron chi connectivity index (χ0n) is 11.6. The minimum Gasteiger partial charge on any atom is -0.481 e. The first kappa shape index (κ1) is 14.3. The summed E-state index contributed by atoms with van der Waals surface area (Å²) in [5.41, 5.74) is 1.03. The van der Waals surface area contributed by atoms with Crippen LogP contribution < -0.4 is 10.1 Å². The maximum atomic E-state index is 10.0. The van der Waals surface area contributed by atoms with Crippen molar-refractivity contribution in [3.63, 3.8) is 0 Å². The van der Waals surface area contributed by atoms with Crippen molar-refractivity contribution in [3.05, 3.63) is 23.9 Å². The third kappa shape index (κ3) is 4.48. The molecule has 19 heavy (non-hydrogen) atoms. The molecule has 0 saturated heterocycles. The lowest BCUT2D eigenvalue weighted by Crippen LogP contribution is -2.28. The van der Waals surface area contributed by atoms with Crippen LogP contribution in [0.15, 0.2) is 18.3 Å². The molecule has 1 aromatic heterocycles. The van der Waals surface area contributed by atoms with Crippen molar-refractivity contribution in [3.8, 4) is 5.88 Å². The summed E-state index contributed by atoms with van der Waals surface area (Å²) in [6.07, 6.45) is 7.64. The minimum absolute atomic E-state index is 0.245. The van der Waals surface area contributed by atoms with E-state index in [-0.39, 0.29) is 6.10 Å². The monoisotopic (exact) mass is 264 g/mol. The summed E-state index contributed by atoms with van der Waals surface area (Å²) in [6, 6.07) is 3.89. The molecule has 4 nitrogen and oxygen atoms in total.